The van der Waals surface area contributed by atoms with Crippen LogP contribution in [-0.4, -0.2) is 66.9 Å². The summed E-state index contributed by atoms with van der Waals surface area (Å²) in [5.41, 5.74) is 2.31. The highest BCUT2D eigenvalue weighted by Crippen LogP contribution is 2.43. The second kappa shape index (κ2) is 9.17. The van der Waals surface area contributed by atoms with Crippen molar-refractivity contribution in [1.29, 1.82) is 0 Å². The molecule has 7 nitrogen and oxygen atoms in total. The SMILES string of the molecule is COc1ccc([C@@H]2[C@H](C(=O)N3CCN(c4ccccn4)CC3)c3ccccc3C(=O)N2C)cc1. The van der Waals surface area contributed by atoms with Crippen LogP contribution in [0.1, 0.15) is 33.4 Å². The highest BCUT2D eigenvalue weighted by Gasteiger charge is 2.44. The fourth-order valence-corrected chi connectivity index (χ4v) is 5.05. The molecule has 0 spiro atoms. The summed E-state index contributed by atoms with van der Waals surface area (Å²) >= 11 is 0. The molecule has 1 fully saturated rings. The third-order valence-electron chi connectivity index (χ3n) is 6.87. The number of likely N-dealkylation sites (N-methyl/N-ethyl adjacent to an activating group) is 1. The minimum absolute atomic E-state index is 0.0493. The fourth-order valence-electron chi connectivity index (χ4n) is 5.05. The molecule has 2 aliphatic rings. The fraction of sp³-hybridized carbons (Fsp3) is 0.296. The highest BCUT2D eigenvalue weighted by molar-refractivity contribution is 6.01. The molecule has 5 rings (SSSR count). The van der Waals surface area contributed by atoms with Crippen LogP contribution in [0.2, 0.25) is 0 Å². The third-order valence-corrected chi connectivity index (χ3v) is 6.87. The van der Waals surface area contributed by atoms with Crippen LogP contribution in [0.25, 0.3) is 0 Å². The zero-order valence-electron chi connectivity index (χ0n) is 19.4. The van der Waals surface area contributed by atoms with Gasteiger partial charge in [0.05, 0.1) is 19.1 Å². The molecule has 2 aliphatic heterocycles. The molecule has 1 saturated heterocycles. The van der Waals surface area contributed by atoms with Gasteiger partial charge >= 0.3 is 0 Å². The number of nitrogens with zero attached hydrogens (tertiary/aromatic N) is 4. The number of fused-ring (bicyclic) bond motifs is 1. The first-order valence-electron chi connectivity index (χ1n) is 11.5. The Balaban J connectivity index is 1.46. The number of methoxy groups -OCH3 is 1. The maximum Gasteiger partial charge on any atom is 0.254 e. The van der Waals surface area contributed by atoms with Crippen LogP contribution in [0.3, 0.4) is 0 Å². The normalized spacial score (nSPS) is 20.2. The maximum atomic E-state index is 14.0. The van der Waals surface area contributed by atoms with Gasteiger partial charge in [0.1, 0.15) is 11.6 Å². The average molecular weight is 457 g/mol. The predicted molar refractivity (Wildman–Crippen MR) is 130 cm³/mol. The van der Waals surface area contributed by atoms with E-state index in [1.165, 1.54) is 0 Å². The number of carbonyl (C=O) groups excluding carboxylic acids is 2. The molecule has 0 saturated carbocycles. The molecule has 2 amide bonds. The molecule has 0 aliphatic carbocycles. The van der Waals surface area contributed by atoms with Crippen molar-refractivity contribution in [2.45, 2.75) is 12.0 Å². The summed E-state index contributed by atoms with van der Waals surface area (Å²) in [4.78, 5) is 37.6. The lowest BCUT2D eigenvalue weighted by atomic mass is 9.79. The zero-order chi connectivity index (χ0) is 23.7. The van der Waals surface area contributed by atoms with E-state index in [0.717, 1.165) is 35.8 Å². The van der Waals surface area contributed by atoms with Gasteiger partial charge in [0.2, 0.25) is 5.91 Å². The first-order valence-corrected chi connectivity index (χ1v) is 11.5. The molecule has 3 aromatic rings. The number of benzene rings is 2. The van der Waals surface area contributed by atoms with Crippen molar-refractivity contribution in [3.63, 3.8) is 0 Å². The summed E-state index contributed by atoms with van der Waals surface area (Å²) in [5, 5.41) is 0. The van der Waals surface area contributed by atoms with Gasteiger partial charge in [-0.25, -0.2) is 4.98 Å². The molecule has 0 N–H and O–H groups in total. The van der Waals surface area contributed by atoms with Crippen LogP contribution in [0.15, 0.2) is 72.9 Å². The van der Waals surface area contributed by atoms with Crippen LogP contribution in [0, 0.1) is 0 Å². The number of ether oxygens (including phenoxy) is 1. The minimum Gasteiger partial charge on any atom is -0.497 e. The van der Waals surface area contributed by atoms with Gasteiger partial charge in [-0.3, -0.25) is 9.59 Å². The molecule has 0 radical (unpaired) electrons. The Morgan fingerprint density at radius 1 is 0.941 bits per heavy atom. The van der Waals surface area contributed by atoms with E-state index in [2.05, 4.69) is 9.88 Å². The van der Waals surface area contributed by atoms with Gasteiger partial charge in [-0.2, -0.15) is 0 Å². The molecular weight excluding hydrogens is 428 g/mol. The van der Waals surface area contributed by atoms with Gasteiger partial charge in [-0.15, -0.1) is 0 Å². The Morgan fingerprint density at radius 3 is 2.32 bits per heavy atom. The second-order valence-electron chi connectivity index (χ2n) is 8.70. The maximum absolute atomic E-state index is 14.0. The van der Waals surface area contributed by atoms with E-state index in [9.17, 15) is 9.59 Å². The van der Waals surface area contributed by atoms with Gasteiger partial charge in [0.25, 0.3) is 5.91 Å². The van der Waals surface area contributed by atoms with E-state index in [0.29, 0.717) is 18.7 Å². The van der Waals surface area contributed by atoms with Crippen molar-refractivity contribution in [1.82, 2.24) is 14.8 Å². The van der Waals surface area contributed by atoms with Crippen LogP contribution in [0.5, 0.6) is 5.75 Å². The third kappa shape index (κ3) is 3.87. The number of piperazine rings is 1. The second-order valence-corrected chi connectivity index (χ2v) is 8.70. The summed E-state index contributed by atoms with van der Waals surface area (Å²) in [6, 6.07) is 20.6. The molecular formula is C27H28N4O3. The lowest BCUT2D eigenvalue weighted by Crippen LogP contribution is -2.53. The molecule has 0 unspecified atom stereocenters. The lowest BCUT2D eigenvalue weighted by Gasteiger charge is -2.43. The first-order chi connectivity index (χ1) is 16.6. The average Bonchev–Trinajstić information content (AvgIpc) is 2.91. The number of carbonyl (C=O) groups is 2. The van der Waals surface area contributed by atoms with Crippen molar-refractivity contribution in [3.8, 4) is 5.75 Å². The molecule has 2 atom stereocenters. The number of hydrogen-bond donors (Lipinski definition) is 0. The van der Waals surface area contributed by atoms with Crippen LogP contribution >= 0.6 is 0 Å². The highest BCUT2D eigenvalue weighted by atomic mass is 16.5. The molecule has 174 valence electrons. The number of anilines is 1. The standard InChI is InChI=1S/C27H28N4O3/c1-29-25(19-10-12-20(34-2)13-11-19)24(21-7-3-4-8-22(21)26(29)32)27(33)31-17-15-30(16-18-31)23-9-5-6-14-28-23/h3-14,24-25H,15-18H2,1-2H3/t24-,25-/m1/s1. The molecule has 1 aromatic heterocycles. The molecule has 0 bridgehead atoms. The largest absolute Gasteiger partial charge is 0.497 e. The summed E-state index contributed by atoms with van der Waals surface area (Å²) in [5.74, 6) is 1.17. The summed E-state index contributed by atoms with van der Waals surface area (Å²) in [6.45, 7) is 2.67. The summed E-state index contributed by atoms with van der Waals surface area (Å²) < 4.78 is 5.31. The van der Waals surface area contributed by atoms with Crippen LogP contribution in [0.4, 0.5) is 5.82 Å². The van der Waals surface area contributed by atoms with Crippen LogP contribution < -0.4 is 9.64 Å². The summed E-state index contributed by atoms with van der Waals surface area (Å²) in [6.07, 6.45) is 1.79. The van der Waals surface area contributed by atoms with Crippen molar-refractivity contribution < 1.29 is 14.3 Å². The Kier molecular flexibility index (Phi) is 5.92. The van der Waals surface area contributed by atoms with E-state index in [-0.39, 0.29) is 11.8 Å². The van der Waals surface area contributed by atoms with Crippen molar-refractivity contribution in [3.05, 3.63) is 89.6 Å². The first kappa shape index (κ1) is 21.9. The van der Waals surface area contributed by atoms with Crippen molar-refractivity contribution in [2.75, 3.05) is 45.2 Å². The number of pyridine rings is 1. The monoisotopic (exact) mass is 456 g/mol. The van der Waals surface area contributed by atoms with E-state index >= 15 is 0 Å². The Hall–Kier alpha value is -3.87. The smallest absolute Gasteiger partial charge is 0.254 e. The predicted octanol–water partition coefficient (Wildman–Crippen LogP) is 3.35. The van der Waals surface area contributed by atoms with Gasteiger partial charge < -0.3 is 19.4 Å². The number of aromatic nitrogens is 1. The van der Waals surface area contributed by atoms with Crippen molar-refractivity contribution >= 4 is 17.6 Å². The Bertz CT molecular complexity index is 1170. The topological polar surface area (TPSA) is 66.0 Å². The lowest BCUT2D eigenvalue weighted by molar-refractivity contribution is -0.134. The molecule has 7 heteroatoms. The number of amides is 2. The van der Waals surface area contributed by atoms with Gasteiger partial charge in [0, 0.05) is 45.0 Å². The quantitative estimate of drug-likeness (QED) is 0.603. The van der Waals surface area contributed by atoms with E-state index in [1.54, 1.807) is 25.3 Å². The minimum atomic E-state index is -0.478. The Labute approximate surface area is 199 Å². The van der Waals surface area contributed by atoms with Gasteiger partial charge in [-0.05, 0) is 41.5 Å². The Morgan fingerprint density at radius 2 is 1.65 bits per heavy atom. The van der Waals surface area contributed by atoms with Crippen LogP contribution in [-0.2, 0) is 4.79 Å². The molecule has 3 heterocycles. The molecule has 2 aromatic carbocycles. The molecule has 34 heavy (non-hydrogen) atoms. The van der Waals surface area contributed by atoms with Gasteiger partial charge in [0.15, 0.2) is 0 Å². The number of hydrogen-bond acceptors (Lipinski definition) is 5. The zero-order valence-corrected chi connectivity index (χ0v) is 19.4. The summed E-state index contributed by atoms with van der Waals surface area (Å²) in [7, 11) is 3.41. The van der Waals surface area contributed by atoms with E-state index in [4.69, 9.17) is 4.74 Å². The van der Waals surface area contributed by atoms with Gasteiger partial charge in [-0.1, -0.05) is 36.4 Å². The van der Waals surface area contributed by atoms with E-state index in [1.807, 2.05) is 71.6 Å². The van der Waals surface area contributed by atoms with Crippen molar-refractivity contribution in [2.24, 2.45) is 0 Å². The number of rotatable bonds is 4. The van der Waals surface area contributed by atoms with E-state index < -0.39 is 12.0 Å².